The first-order chi connectivity index (χ1) is 26.6. The van der Waals surface area contributed by atoms with Crippen molar-refractivity contribution in [2.24, 2.45) is 7.05 Å². The average Bonchev–Trinajstić information content (AvgIpc) is 3.71. The molecule has 7 rings (SSSR count). The van der Waals surface area contributed by atoms with Crippen LogP contribution >= 0.6 is 11.6 Å². The molecule has 56 heavy (non-hydrogen) atoms. The van der Waals surface area contributed by atoms with Crippen LogP contribution in [0.3, 0.4) is 0 Å². The standard InChI is InChI=1S/C39H34ClF3N8O4S/c1-21(2)50-14-13-26(46-50)20-34(52)44-32(17-22-15-24(41)19-25(42)16-22)38-45-31-18-23(27-7-5-6-8-30(27)43)9-10-28(31)39(53)51(38)33-12-11-29(40)35-36(33)49(3)47-37(35)48-56(4,54)55/h5-16,18-19,21,32H,17,20H2,1-4H3,(H,44,52)(H,47,48)/t32-/m0/s1. The largest absolute Gasteiger partial charge is 0.345 e. The van der Waals surface area contributed by atoms with E-state index in [0.717, 1.165) is 18.4 Å². The molecule has 0 aliphatic rings. The van der Waals surface area contributed by atoms with Gasteiger partial charge in [-0.15, -0.1) is 0 Å². The summed E-state index contributed by atoms with van der Waals surface area (Å²) < 4.78 is 75.5. The van der Waals surface area contributed by atoms with Crippen LogP contribution in [-0.2, 0) is 34.7 Å². The van der Waals surface area contributed by atoms with Crippen molar-refractivity contribution in [3.63, 3.8) is 0 Å². The van der Waals surface area contributed by atoms with Crippen molar-refractivity contribution in [2.75, 3.05) is 11.0 Å². The zero-order valence-electron chi connectivity index (χ0n) is 30.4. The highest BCUT2D eigenvalue weighted by molar-refractivity contribution is 7.92. The molecule has 0 bridgehead atoms. The Bertz CT molecular complexity index is 2840. The predicted octanol–water partition coefficient (Wildman–Crippen LogP) is 6.80. The lowest BCUT2D eigenvalue weighted by atomic mass is 10.0. The van der Waals surface area contributed by atoms with Gasteiger partial charge >= 0.3 is 0 Å². The van der Waals surface area contributed by atoms with Gasteiger partial charge in [0.05, 0.1) is 56.9 Å². The Morgan fingerprint density at radius 1 is 0.946 bits per heavy atom. The monoisotopic (exact) mass is 802 g/mol. The van der Waals surface area contributed by atoms with Gasteiger partial charge in [-0.3, -0.25) is 28.2 Å². The molecule has 0 aliphatic heterocycles. The summed E-state index contributed by atoms with van der Waals surface area (Å²) in [4.78, 5) is 33.7. The molecule has 3 heterocycles. The summed E-state index contributed by atoms with van der Waals surface area (Å²) in [5, 5.41) is 12.1. The molecular formula is C39H34ClF3N8O4S. The van der Waals surface area contributed by atoms with E-state index in [1.165, 1.54) is 46.6 Å². The lowest BCUT2D eigenvalue weighted by molar-refractivity contribution is -0.121. The Kier molecular flexibility index (Phi) is 10.2. The maximum atomic E-state index is 15.0. The minimum absolute atomic E-state index is 0.0317. The van der Waals surface area contributed by atoms with Crippen LogP contribution in [0.4, 0.5) is 19.0 Å². The third-order valence-corrected chi connectivity index (χ3v) is 9.94. The summed E-state index contributed by atoms with van der Waals surface area (Å²) in [5.74, 6) is -2.93. The average molecular weight is 803 g/mol. The molecule has 288 valence electrons. The van der Waals surface area contributed by atoms with Gasteiger partial charge < -0.3 is 5.32 Å². The Balaban J connectivity index is 1.49. The number of aromatic nitrogens is 6. The van der Waals surface area contributed by atoms with Crippen LogP contribution in [0.15, 0.2) is 89.9 Å². The molecule has 7 aromatic rings. The van der Waals surface area contributed by atoms with E-state index in [2.05, 4.69) is 20.2 Å². The molecule has 1 atom stereocenters. The van der Waals surface area contributed by atoms with Crippen LogP contribution in [0.5, 0.6) is 0 Å². The van der Waals surface area contributed by atoms with Crippen LogP contribution in [0, 0.1) is 17.5 Å². The molecular weight excluding hydrogens is 769 g/mol. The van der Waals surface area contributed by atoms with Gasteiger partial charge in [-0.1, -0.05) is 35.9 Å². The molecule has 1 amide bonds. The van der Waals surface area contributed by atoms with Crippen LogP contribution < -0.4 is 15.6 Å². The lowest BCUT2D eigenvalue weighted by Crippen LogP contribution is -2.36. The first-order valence-corrected chi connectivity index (χ1v) is 19.6. The Morgan fingerprint density at radius 3 is 2.36 bits per heavy atom. The topological polar surface area (TPSA) is 146 Å². The summed E-state index contributed by atoms with van der Waals surface area (Å²) in [6.45, 7) is 3.87. The number of nitrogens with zero attached hydrogens (tertiary/aromatic N) is 6. The number of anilines is 1. The third-order valence-electron chi connectivity index (χ3n) is 9.06. The van der Waals surface area contributed by atoms with E-state index < -0.39 is 45.0 Å². The summed E-state index contributed by atoms with van der Waals surface area (Å²) >= 11 is 6.64. The fourth-order valence-electron chi connectivity index (χ4n) is 6.66. The number of amides is 1. The Morgan fingerprint density at radius 2 is 1.68 bits per heavy atom. The molecule has 12 nitrogen and oxygen atoms in total. The highest BCUT2D eigenvalue weighted by Crippen LogP contribution is 2.36. The van der Waals surface area contributed by atoms with Gasteiger partial charge in [-0.05, 0) is 73.5 Å². The number of benzene rings is 4. The van der Waals surface area contributed by atoms with Gasteiger partial charge in [-0.2, -0.15) is 10.2 Å². The van der Waals surface area contributed by atoms with E-state index >= 15 is 0 Å². The van der Waals surface area contributed by atoms with Crippen LogP contribution in [0.1, 0.15) is 43.0 Å². The summed E-state index contributed by atoms with van der Waals surface area (Å²) in [5.41, 5.74) is 1.13. The van der Waals surface area contributed by atoms with Crippen molar-refractivity contribution in [1.82, 2.24) is 34.4 Å². The summed E-state index contributed by atoms with van der Waals surface area (Å²) in [7, 11) is -2.30. The van der Waals surface area contributed by atoms with Crippen molar-refractivity contribution < 1.29 is 26.4 Å². The van der Waals surface area contributed by atoms with Crippen LogP contribution in [0.25, 0.3) is 38.6 Å². The van der Waals surface area contributed by atoms with Crippen molar-refractivity contribution >= 4 is 55.2 Å². The Labute approximate surface area is 323 Å². The number of rotatable bonds is 11. The molecule has 0 radical (unpaired) electrons. The van der Waals surface area contributed by atoms with Gasteiger partial charge in [-0.25, -0.2) is 26.6 Å². The maximum Gasteiger partial charge on any atom is 0.266 e. The molecule has 2 N–H and O–H groups in total. The van der Waals surface area contributed by atoms with Crippen LogP contribution in [0.2, 0.25) is 5.02 Å². The Hall–Kier alpha value is -6.00. The summed E-state index contributed by atoms with van der Waals surface area (Å²) in [6, 6.07) is 17.1. The highest BCUT2D eigenvalue weighted by atomic mass is 35.5. The summed E-state index contributed by atoms with van der Waals surface area (Å²) in [6.07, 6.45) is 2.26. The van der Waals surface area contributed by atoms with Gasteiger partial charge in [0.1, 0.15) is 23.3 Å². The number of hydrogen-bond donors (Lipinski definition) is 2. The number of carbonyl (C=O) groups is 1. The molecule has 0 saturated heterocycles. The zero-order chi connectivity index (χ0) is 40.1. The maximum absolute atomic E-state index is 15.0. The minimum atomic E-state index is -3.83. The third kappa shape index (κ3) is 7.75. The van der Waals surface area contributed by atoms with Gasteiger partial charge in [0, 0.05) is 37.3 Å². The number of hydrogen-bond acceptors (Lipinski definition) is 7. The molecule has 0 saturated carbocycles. The molecule has 3 aromatic heterocycles. The van der Waals surface area contributed by atoms with Crippen molar-refractivity contribution in [3.8, 4) is 16.8 Å². The molecule has 17 heteroatoms. The van der Waals surface area contributed by atoms with E-state index in [9.17, 15) is 31.2 Å². The first kappa shape index (κ1) is 38.3. The van der Waals surface area contributed by atoms with Gasteiger partial charge in [0.25, 0.3) is 5.56 Å². The second-order valence-corrected chi connectivity index (χ2v) is 15.8. The van der Waals surface area contributed by atoms with E-state index in [4.69, 9.17) is 16.6 Å². The normalized spacial score (nSPS) is 12.4. The van der Waals surface area contributed by atoms with E-state index in [1.54, 1.807) is 41.2 Å². The lowest BCUT2D eigenvalue weighted by Gasteiger charge is -2.24. The molecule has 4 aromatic carbocycles. The number of aryl methyl sites for hydroxylation is 1. The number of sulfonamides is 1. The first-order valence-electron chi connectivity index (χ1n) is 17.3. The smallest absolute Gasteiger partial charge is 0.266 e. The van der Waals surface area contributed by atoms with Gasteiger partial charge in [0.2, 0.25) is 15.9 Å². The quantitative estimate of drug-likeness (QED) is 0.146. The number of fused-ring (bicyclic) bond motifs is 2. The van der Waals surface area contributed by atoms with Gasteiger partial charge in [0.15, 0.2) is 5.82 Å². The fourth-order valence-corrected chi connectivity index (χ4v) is 7.39. The zero-order valence-corrected chi connectivity index (χ0v) is 32.0. The van der Waals surface area contributed by atoms with Crippen LogP contribution in [-0.4, -0.2) is 49.7 Å². The SMILES string of the molecule is CC(C)n1ccc(CC(=O)N[C@@H](Cc2cc(F)cc(F)c2)c2nc3cc(-c4ccccc4F)ccc3c(=O)n2-c2ccc(Cl)c3c(NS(C)(=O)=O)nn(C)c23)n1. The molecule has 0 fully saturated rings. The number of carbonyl (C=O) groups excluding carboxylic acids is 1. The molecule has 0 spiro atoms. The fraction of sp³-hybridized carbons (Fsp3) is 0.205. The number of halogens is 4. The second kappa shape index (κ2) is 14.9. The van der Waals surface area contributed by atoms with E-state index in [0.29, 0.717) is 17.3 Å². The minimum Gasteiger partial charge on any atom is -0.345 e. The number of nitrogens with one attached hydrogen (secondary N) is 2. The molecule has 0 aliphatic carbocycles. The van der Waals surface area contributed by atoms with Crippen molar-refractivity contribution in [3.05, 3.63) is 135 Å². The van der Waals surface area contributed by atoms with Crippen molar-refractivity contribution in [1.29, 1.82) is 0 Å². The molecule has 0 unspecified atom stereocenters. The van der Waals surface area contributed by atoms with E-state index in [1.807, 2.05) is 13.8 Å². The van der Waals surface area contributed by atoms with E-state index in [-0.39, 0.29) is 74.2 Å². The van der Waals surface area contributed by atoms with Crippen molar-refractivity contribution in [2.45, 2.75) is 38.8 Å². The highest BCUT2D eigenvalue weighted by Gasteiger charge is 2.28. The second-order valence-electron chi connectivity index (χ2n) is 13.6. The predicted molar refractivity (Wildman–Crippen MR) is 208 cm³/mol.